The highest BCUT2D eigenvalue weighted by atomic mass is 32.1. The molecule has 3 heterocycles. The molecule has 0 bridgehead atoms. The van der Waals surface area contributed by atoms with E-state index in [1.165, 1.54) is 37.4 Å². The predicted octanol–water partition coefficient (Wildman–Crippen LogP) is 4.52. The molecule has 0 unspecified atom stereocenters. The fourth-order valence-electron chi connectivity index (χ4n) is 3.88. The number of halogens is 1. The van der Waals surface area contributed by atoms with E-state index < -0.39 is 0 Å². The number of hydrogen-bond donors (Lipinski definition) is 1. The van der Waals surface area contributed by atoms with Gasteiger partial charge in [-0.15, -0.1) is 5.10 Å². The van der Waals surface area contributed by atoms with Gasteiger partial charge in [0.05, 0.1) is 24.5 Å². The second-order valence-corrected chi connectivity index (χ2v) is 7.73. The van der Waals surface area contributed by atoms with Crippen molar-refractivity contribution >= 4 is 21.4 Å². The summed E-state index contributed by atoms with van der Waals surface area (Å²) in [5.74, 6) is 0.644. The van der Waals surface area contributed by atoms with Crippen molar-refractivity contribution < 1.29 is 9.13 Å². The number of fused-ring (bicyclic) bond motifs is 2. The predicted molar refractivity (Wildman–Crippen MR) is 94.9 cm³/mol. The normalized spacial score (nSPS) is 20.6. The van der Waals surface area contributed by atoms with Crippen LogP contribution >= 0.6 is 11.3 Å². The zero-order valence-corrected chi connectivity index (χ0v) is 14.6. The van der Waals surface area contributed by atoms with Gasteiger partial charge in [0, 0.05) is 17.9 Å². The molecule has 1 aromatic carbocycles. The Balaban J connectivity index is 1.40. The lowest BCUT2D eigenvalue weighted by atomic mass is 10.0. The summed E-state index contributed by atoms with van der Waals surface area (Å²) in [5.41, 5.74) is 2.02. The summed E-state index contributed by atoms with van der Waals surface area (Å²) in [6.45, 7) is 0.500. The first-order chi connectivity index (χ1) is 12.3. The van der Waals surface area contributed by atoms with E-state index in [9.17, 15) is 4.39 Å². The number of nitrogens with zero attached hydrogens (tertiary/aromatic N) is 3. The smallest absolute Gasteiger partial charge is 0.214 e. The molecule has 5 nitrogen and oxygen atoms in total. The highest BCUT2D eigenvalue weighted by molar-refractivity contribution is 7.20. The molecule has 5 rings (SSSR count). The maximum absolute atomic E-state index is 13.9. The van der Waals surface area contributed by atoms with E-state index in [0.29, 0.717) is 18.3 Å². The van der Waals surface area contributed by atoms with Crippen LogP contribution in [0.3, 0.4) is 0 Å². The van der Waals surface area contributed by atoms with Gasteiger partial charge >= 0.3 is 0 Å². The van der Waals surface area contributed by atoms with Crippen molar-refractivity contribution in [3.63, 3.8) is 0 Å². The molecule has 1 atom stereocenters. The Kier molecular flexibility index (Phi) is 3.62. The molecule has 2 aromatic heterocycles. The minimum Gasteiger partial charge on any atom is -0.490 e. The van der Waals surface area contributed by atoms with E-state index in [1.807, 2.05) is 10.6 Å². The molecule has 1 fully saturated rings. The van der Waals surface area contributed by atoms with Crippen molar-refractivity contribution in [1.29, 1.82) is 0 Å². The van der Waals surface area contributed by atoms with Gasteiger partial charge < -0.3 is 10.1 Å². The molecule has 1 saturated carbocycles. The lowest BCUT2D eigenvalue weighted by Gasteiger charge is -2.26. The zero-order valence-electron chi connectivity index (χ0n) is 13.7. The Bertz CT molecular complexity index is 884. The van der Waals surface area contributed by atoms with Crippen LogP contribution < -0.4 is 10.1 Å². The van der Waals surface area contributed by atoms with Crippen molar-refractivity contribution in [2.45, 2.75) is 44.1 Å². The average Bonchev–Trinajstić information content (AvgIpc) is 3.31. The topological polar surface area (TPSA) is 51.5 Å². The first kappa shape index (κ1) is 15.1. The molecule has 7 heteroatoms. The number of nitrogens with one attached hydrogen (secondary N) is 1. The Morgan fingerprint density at radius 1 is 1.24 bits per heavy atom. The van der Waals surface area contributed by atoms with Crippen LogP contribution in [0.25, 0.3) is 4.96 Å². The van der Waals surface area contributed by atoms with E-state index in [-0.39, 0.29) is 11.9 Å². The minimum atomic E-state index is -0.306. The molecule has 3 aromatic rings. The highest BCUT2D eigenvalue weighted by Crippen LogP contribution is 2.38. The molecular weight excluding hydrogens is 339 g/mol. The van der Waals surface area contributed by atoms with Gasteiger partial charge in [0.25, 0.3) is 0 Å². The van der Waals surface area contributed by atoms with Gasteiger partial charge in [-0.3, -0.25) is 0 Å². The van der Waals surface area contributed by atoms with Crippen LogP contribution in [0.4, 0.5) is 9.52 Å². The quantitative estimate of drug-likeness (QED) is 0.748. The van der Waals surface area contributed by atoms with E-state index in [0.717, 1.165) is 22.1 Å². The van der Waals surface area contributed by atoms with Gasteiger partial charge in [-0.25, -0.2) is 13.9 Å². The fourth-order valence-corrected chi connectivity index (χ4v) is 4.72. The monoisotopic (exact) mass is 358 g/mol. The molecule has 0 radical (unpaired) electrons. The van der Waals surface area contributed by atoms with Crippen molar-refractivity contribution in [3.8, 4) is 5.75 Å². The summed E-state index contributed by atoms with van der Waals surface area (Å²) in [5, 5.41) is 8.86. The maximum Gasteiger partial charge on any atom is 0.214 e. The fraction of sp³-hybridized carbons (Fsp3) is 0.444. The third-order valence-corrected chi connectivity index (χ3v) is 6.01. The van der Waals surface area contributed by atoms with Gasteiger partial charge in [-0.05, 0) is 18.9 Å². The second-order valence-electron chi connectivity index (χ2n) is 6.77. The summed E-state index contributed by atoms with van der Waals surface area (Å²) >= 11 is 1.54. The van der Waals surface area contributed by atoms with Crippen LogP contribution in [0.15, 0.2) is 24.4 Å². The van der Waals surface area contributed by atoms with Crippen LogP contribution in [0, 0.1) is 5.82 Å². The Labute approximate surface area is 148 Å². The molecule has 130 valence electrons. The average molecular weight is 358 g/mol. The standard InChI is InChI=1S/C18H19FN4OS/c19-13-7-3-6-12-14(8-9-24-16(12)13)20-17-22-23-10-15(21-18(23)25-17)11-4-1-2-5-11/h3,6-7,10-11,14H,1-2,4-5,8-9H2,(H,20,22)/t14-/m0/s1. The van der Waals surface area contributed by atoms with Crippen LogP contribution in [0.2, 0.25) is 0 Å². The molecule has 0 saturated heterocycles. The summed E-state index contributed by atoms with van der Waals surface area (Å²) in [7, 11) is 0. The van der Waals surface area contributed by atoms with Crippen molar-refractivity contribution in [3.05, 3.63) is 41.5 Å². The van der Waals surface area contributed by atoms with Gasteiger partial charge in [-0.1, -0.05) is 36.3 Å². The van der Waals surface area contributed by atoms with Crippen LogP contribution in [-0.4, -0.2) is 21.2 Å². The lowest BCUT2D eigenvalue weighted by Crippen LogP contribution is -2.21. The third kappa shape index (κ3) is 2.66. The first-order valence-corrected chi connectivity index (χ1v) is 9.63. The van der Waals surface area contributed by atoms with E-state index in [2.05, 4.69) is 16.6 Å². The molecule has 1 aliphatic carbocycles. The molecular formula is C18H19FN4OS. The Hall–Kier alpha value is -2.15. The first-order valence-electron chi connectivity index (χ1n) is 8.82. The Morgan fingerprint density at radius 3 is 2.96 bits per heavy atom. The van der Waals surface area contributed by atoms with Gasteiger partial charge in [0.2, 0.25) is 10.1 Å². The van der Waals surface area contributed by atoms with E-state index in [4.69, 9.17) is 9.72 Å². The number of anilines is 1. The molecule has 25 heavy (non-hydrogen) atoms. The zero-order chi connectivity index (χ0) is 16.8. The van der Waals surface area contributed by atoms with Gasteiger partial charge in [0.1, 0.15) is 0 Å². The number of aromatic nitrogens is 3. The van der Waals surface area contributed by atoms with Crippen molar-refractivity contribution in [2.24, 2.45) is 0 Å². The van der Waals surface area contributed by atoms with Crippen molar-refractivity contribution in [1.82, 2.24) is 14.6 Å². The number of rotatable bonds is 3. The second kappa shape index (κ2) is 5.98. The van der Waals surface area contributed by atoms with Crippen LogP contribution in [0.5, 0.6) is 5.75 Å². The number of para-hydroxylation sites is 1. The molecule has 1 aliphatic heterocycles. The van der Waals surface area contributed by atoms with Crippen molar-refractivity contribution in [2.75, 3.05) is 11.9 Å². The highest BCUT2D eigenvalue weighted by Gasteiger charge is 2.25. The number of ether oxygens (including phenoxy) is 1. The Morgan fingerprint density at radius 2 is 2.12 bits per heavy atom. The van der Waals surface area contributed by atoms with Crippen LogP contribution in [0.1, 0.15) is 55.3 Å². The van der Waals surface area contributed by atoms with E-state index in [1.54, 1.807) is 17.4 Å². The SMILES string of the molecule is Fc1cccc2c1OCC[C@@H]2Nc1nn2cc(C3CCCC3)nc2s1. The number of imidazole rings is 1. The number of benzene rings is 1. The molecule has 1 N–H and O–H groups in total. The minimum absolute atomic E-state index is 0.00427. The van der Waals surface area contributed by atoms with Crippen LogP contribution in [-0.2, 0) is 0 Å². The third-order valence-electron chi connectivity index (χ3n) is 5.16. The van der Waals surface area contributed by atoms with Gasteiger partial charge in [0.15, 0.2) is 11.6 Å². The number of hydrogen-bond acceptors (Lipinski definition) is 5. The summed E-state index contributed by atoms with van der Waals surface area (Å²) in [6.07, 6.45) is 7.92. The largest absolute Gasteiger partial charge is 0.490 e. The lowest BCUT2D eigenvalue weighted by molar-refractivity contribution is 0.260. The maximum atomic E-state index is 13.9. The van der Waals surface area contributed by atoms with Gasteiger partial charge in [-0.2, -0.15) is 0 Å². The molecule has 0 spiro atoms. The molecule has 2 aliphatic rings. The summed E-state index contributed by atoms with van der Waals surface area (Å²) in [6, 6.07) is 5.07. The summed E-state index contributed by atoms with van der Waals surface area (Å²) in [4.78, 5) is 5.67. The molecule has 0 amide bonds. The summed E-state index contributed by atoms with van der Waals surface area (Å²) < 4.78 is 21.3. The van der Waals surface area contributed by atoms with E-state index >= 15 is 0 Å².